The van der Waals surface area contributed by atoms with Gasteiger partial charge in [-0.3, -0.25) is 9.59 Å². The summed E-state index contributed by atoms with van der Waals surface area (Å²) in [5, 5.41) is 6.05. The molecule has 4 saturated carbocycles. The number of carbonyl (C=O) groups excluding carboxylic acids is 2. The monoisotopic (exact) mass is 389 g/mol. The van der Waals surface area contributed by atoms with Crippen LogP contribution in [0.3, 0.4) is 0 Å². The van der Waals surface area contributed by atoms with Crippen molar-refractivity contribution in [3.05, 3.63) is 0 Å². The molecule has 0 spiro atoms. The molecular weight excluding hydrogens is 350 g/mol. The van der Waals surface area contributed by atoms with Crippen molar-refractivity contribution in [2.45, 2.75) is 83.6 Å². The van der Waals surface area contributed by atoms with E-state index in [1.54, 1.807) is 0 Å². The Morgan fingerprint density at radius 2 is 1.57 bits per heavy atom. The van der Waals surface area contributed by atoms with E-state index in [-0.39, 0.29) is 29.8 Å². The first-order valence-corrected chi connectivity index (χ1v) is 11.8. The number of unbranched alkanes of at least 4 members (excludes halogenated alkanes) is 1. The highest BCUT2D eigenvalue weighted by atomic mass is 16.2. The van der Waals surface area contributed by atoms with Crippen LogP contribution in [0.15, 0.2) is 0 Å². The Kier molecular flexibility index (Phi) is 6.29. The van der Waals surface area contributed by atoms with Gasteiger partial charge in [-0.05, 0) is 87.5 Å². The zero-order chi connectivity index (χ0) is 19.6. The van der Waals surface area contributed by atoms with Crippen molar-refractivity contribution in [2.24, 2.45) is 23.2 Å². The second-order valence-electron chi connectivity index (χ2n) is 10.4. The smallest absolute Gasteiger partial charge is 0.239 e. The van der Waals surface area contributed by atoms with E-state index in [9.17, 15) is 9.59 Å². The van der Waals surface area contributed by atoms with Gasteiger partial charge in [0.15, 0.2) is 0 Å². The normalized spacial score (nSPS) is 35.1. The molecule has 5 fully saturated rings. The molecule has 2 amide bonds. The van der Waals surface area contributed by atoms with Crippen molar-refractivity contribution in [2.75, 3.05) is 26.2 Å². The van der Waals surface area contributed by atoms with Crippen LogP contribution < -0.4 is 10.6 Å². The molecule has 0 aromatic heterocycles. The molecule has 0 radical (unpaired) electrons. The minimum absolute atomic E-state index is 0.0223. The third-order valence-electron chi connectivity index (χ3n) is 7.93. The molecule has 158 valence electrons. The van der Waals surface area contributed by atoms with Gasteiger partial charge >= 0.3 is 0 Å². The van der Waals surface area contributed by atoms with E-state index in [2.05, 4.69) is 22.5 Å². The Labute approximate surface area is 170 Å². The number of rotatable bonds is 8. The number of hydrogen-bond donors (Lipinski definition) is 2. The summed E-state index contributed by atoms with van der Waals surface area (Å²) in [6.07, 6.45) is 13.1. The number of carbonyl (C=O) groups is 2. The van der Waals surface area contributed by atoms with Crippen molar-refractivity contribution in [1.29, 1.82) is 0 Å². The fourth-order valence-corrected chi connectivity index (χ4v) is 7.05. The lowest BCUT2D eigenvalue weighted by molar-refractivity contribution is -0.132. The first-order valence-electron chi connectivity index (χ1n) is 11.8. The third-order valence-corrected chi connectivity index (χ3v) is 7.93. The van der Waals surface area contributed by atoms with Crippen molar-refractivity contribution in [1.82, 2.24) is 15.5 Å². The summed E-state index contributed by atoms with van der Waals surface area (Å²) in [6.45, 7) is 5.69. The minimum atomic E-state index is -0.0223. The van der Waals surface area contributed by atoms with Crippen LogP contribution >= 0.6 is 0 Å². The molecule has 4 bridgehead atoms. The van der Waals surface area contributed by atoms with Gasteiger partial charge in [-0.15, -0.1) is 0 Å². The van der Waals surface area contributed by atoms with Gasteiger partial charge < -0.3 is 15.5 Å². The molecule has 5 nitrogen and oxygen atoms in total. The fraction of sp³-hybridized carbons (Fsp3) is 0.913. The highest BCUT2D eigenvalue weighted by Crippen LogP contribution is 2.61. The van der Waals surface area contributed by atoms with E-state index in [1.165, 1.54) is 57.9 Å². The topological polar surface area (TPSA) is 61.4 Å². The van der Waals surface area contributed by atoms with Gasteiger partial charge in [0.2, 0.25) is 11.8 Å². The molecule has 5 rings (SSSR count). The Balaban J connectivity index is 1.15. The van der Waals surface area contributed by atoms with Crippen LogP contribution in [0.2, 0.25) is 0 Å². The fourth-order valence-electron chi connectivity index (χ4n) is 7.05. The predicted molar refractivity (Wildman–Crippen MR) is 111 cm³/mol. The summed E-state index contributed by atoms with van der Waals surface area (Å²) < 4.78 is 0. The molecule has 1 aliphatic heterocycles. The highest BCUT2D eigenvalue weighted by Gasteiger charge is 2.51. The van der Waals surface area contributed by atoms with Gasteiger partial charge in [0.05, 0.1) is 6.54 Å². The lowest BCUT2D eigenvalue weighted by Crippen LogP contribution is -2.49. The standard InChI is InChI=1S/C23H39N3O2/c1-2-3-6-26-7-4-20(5-8-26)25-22(28)16-24-21(27)15-23-12-17-9-18(13-23)11-19(10-17)14-23/h17-20H,2-16H2,1H3,(H,24,27)(H,25,28). The number of likely N-dealkylation sites (tertiary alicyclic amines) is 1. The minimum Gasteiger partial charge on any atom is -0.352 e. The average Bonchev–Trinajstić information content (AvgIpc) is 2.64. The molecule has 5 aliphatic rings. The summed E-state index contributed by atoms with van der Waals surface area (Å²) in [6, 6.07) is 0.269. The lowest BCUT2D eigenvalue weighted by atomic mass is 9.49. The summed E-state index contributed by atoms with van der Waals surface area (Å²) in [7, 11) is 0. The van der Waals surface area contributed by atoms with E-state index >= 15 is 0 Å². The summed E-state index contributed by atoms with van der Waals surface area (Å²) in [4.78, 5) is 27.4. The van der Waals surface area contributed by atoms with Crippen molar-refractivity contribution in [3.8, 4) is 0 Å². The molecule has 0 aromatic rings. The van der Waals surface area contributed by atoms with Gasteiger partial charge in [0.1, 0.15) is 0 Å². The summed E-state index contributed by atoms with van der Waals surface area (Å²) in [5.74, 6) is 2.67. The Morgan fingerprint density at radius 3 is 2.14 bits per heavy atom. The van der Waals surface area contributed by atoms with E-state index in [0.717, 1.165) is 43.7 Å². The first kappa shape index (κ1) is 20.2. The van der Waals surface area contributed by atoms with Crippen LogP contribution in [0, 0.1) is 23.2 Å². The molecule has 1 saturated heterocycles. The molecule has 5 heteroatoms. The van der Waals surface area contributed by atoms with Crippen molar-refractivity contribution in [3.63, 3.8) is 0 Å². The molecule has 0 atom stereocenters. The number of amides is 2. The largest absolute Gasteiger partial charge is 0.352 e. The van der Waals surface area contributed by atoms with E-state index in [0.29, 0.717) is 6.42 Å². The molecule has 0 unspecified atom stereocenters. The van der Waals surface area contributed by atoms with Crippen molar-refractivity contribution < 1.29 is 9.59 Å². The lowest BCUT2D eigenvalue weighted by Gasteiger charge is -2.56. The quantitative estimate of drug-likeness (QED) is 0.671. The molecule has 2 N–H and O–H groups in total. The third kappa shape index (κ3) is 4.90. The summed E-state index contributed by atoms with van der Waals surface area (Å²) in [5.41, 5.74) is 0.251. The second-order valence-corrected chi connectivity index (χ2v) is 10.4. The second kappa shape index (κ2) is 8.73. The van der Waals surface area contributed by atoms with E-state index in [1.807, 2.05) is 0 Å². The Morgan fingerprint density at radius 1 is 0.964 bits per heavy atom. The molecular formula is C23H39N3O2. The number of piperidine rings is 1. The van der Waals surface area contributed by atoms with E-state index in [4.69, 9.17) is 0 Å². The Bertz CT molecular complexity index is 533. The van der Waals surface area contributed by atoms with Crippen LogP contribution in [-0.2, 0) is 9.59 Å². The zero-order valence-corrected chi connectivity index (χ0v) is 17.7. The van der Waals surface area contributed by atoms with Crippen LogP contribution in [0.25, 0.3) is 0 Å². The van der Waals surface area contributed by atoms with Crippen LogP contribution in [-0.4, -0.2) is 48.9 Å². The maximum Gasteiger partial charge on any atom is 0.239 e. The SMILES string of the molecule is CCCCN1CCC(NC(=O)CNC(=O)CC23CC4CC(CC(C4)C2)C3)CC1. The number of nitrogens with zero attached hydrogens (tertiary/aromatic N) is 1. The predicted octanol–water partition coefficient (Wildman–Crippen LogP) is 3.09. The highest BCUT2D eigenvalue weighted by molar-refractivity contribution is 5.85. The zero-order valence-electron chi connectivity index (χ0n) is 17.7. The first-order chi connectivity index (χ1) is 13.5. The van der Waals surface area contributed by atoms with Gasteiger partial charge in [0.25, 0.3) is 0 Å². The van der Waals surface area contributed by atoms with E-state index < -0.39 is 0 Å². The summed E-state index contributed by atoms with van der Waals surface area (Å²) >= 11 is 0. The van der Waals surface area contributed by atoms with Crippen LogP contribution in [0.4, 0.5) is 0 Å². The van der Waals surface area contributed by atoms with Crippen LogP contribution in [0.5, 0.6) is 0 Å². The number of nitrogens with one attached hydrogen (secondary N) is 2. The van der Waals surface area contributed by atoms with Crippen molar-refractivity contribution >= 4 is 11.8 Å². The maximum atomic E-state index is 12.6. The molecule has 0 aromatic carbocycles. The molecule has 28 heavy (non-hydrogen) atoms. The van der Waals surface area contributed by atoms with Crippen LogP contribution in [0.1, 0.15) is 77.6 Å². The van der Waals surface area contributed by atoms with Gasteiger partial charge in [-0.2, -0.15) is 0 Å². The van der Waals surface area contributed by atoms with Gasteiger partial charge in [-0.1, -0.05) is 13.3 Å². The number of hydrogen-bond acceptors (Lipinski definition) is 3. The molecule has 1 heterocycles. The molecule has 4 aliphatic carbocycles. The Hall–Kier alpha value is -1.10. The maximum absolute atomic E-state index is 12.6. The average molecular weight is 390 g/mol. The van der Waals surface area contributed by atoms with Gasteiger partial charge in [0, 0.05) is 25.6 Å². The van der Waals surface area contributed by atoms with Gasteiger partial charge in [-0.25, -0.2) is 0 Å².